The summed E-state index contributed by atoms with van der Waals surface area (Å²) in [6, 6.07) is 8.48. The number of hydrogen-bond acceptors (Lipinski definition) is 2. The molecule has 0 amide bonds. The molecule has 1 saturated heterocycles. The largest absolute Gasteiger partial charge is 0.379 e. The second-order valence-electron chi connectivity index (χ2n) is 3.84. The van der Waals surface area contributed by atoms with E-state index in [2.05, 4.69) is 29.2 Å². The second-order valence-corrected chi connectivity index (χ2v) is 4.11. The molecule has 2 nitrogen and oxygen atoms in total. The first-order valence-electron chi connectivity index (χ1n) is 5.32. The maximum absolute atomic E-state index is 5.81. The van der Waals surface area contributed by atoms with Crippen molar-refractivity contribution in [3.63, 3.8) is 0 Å². The fourth-order valence-electron chi connectivity index (χ4n) is 1.83. The number of rotatable bonds is 3. The van der Waals surface area contributed by atoms with Gasteiger partial charge in [-0.05, 0) is 11.1 Å². The summed E-state index contributed by atoms with van der Waals surface area (Å²) < 4.78 is 5.32. The highest BCUT2D eigenvalue weighted by molar-refractivity contribution is 6.17. The molecule has 0 radical (unpaired) electrons. The van der Waals surface area contributed by atoms with Crippen molar-refractivity contribution in [2.45, 2.75) is 12.4 Å². The zero-order chi connectivity index (χ0) is 10.5. The van der Waals surface area contributed by atoms with Gasteiger partial charge in [0.05, 0.1) is 13.2 Å². The van der Waals surface area contributed by atoms with Crippen molar-refractivity contribution in [2.24, 2.45) is 0 Å². The summed E-state index contributed by atoms with van der Waals surface area (Å²) in [5, 5.41) is 0. The molecule has 0 aliphatic carbocycles. The van der Waals surface area contributed by atoms with Crippen molar-refractivity contribution in [2.75, 3.05) is 26.3 Å². The predicted molar refractivity (Wildman–Crippen MR) is 62.1 cm³/mol. The Morgan fingerprint density at radius 2 is 1.93 bits per heavy atom. The summed E-state index contributed by atoms with van der Waals surface area (Å²) >= 11 is 5.81. The maximum Gasteiger partial charge on any atom is 0.0594 e. The van der Waals surface area contributed by atoms with Crippen LogP contribution in [0.5, 0.6) is 0 Å². The van der Waals surface area contributed by atoms with Crippen molar-refractivity contribution < 1.29 is 4.74 Å². The molecular formula is C12H16ClNO. The highest BCUT2D eigenvalue weighted by Gasteiger charge is 2.10. The van der Waals surface area contributed by atoms with E-state index in [4.69, 9.17) is 16.3 Å². The number of nitrogens with zero attached hydrogens (tertiary/aromatic N) is 1. The molecule has 1 heterocycles. The molecule has 0 saturated carbocycles. The topological polar surface area (TPSA) is 12.5 Å². The summed E-state index contributed by atoms with van der Waals surface area (Å²) in [7, 11) is 0. The number of benzene rings is 1. The fourth-order valence-corrected chi connectivity index (χ4v) is 1.99. The fraction of sp³-hybridized carbons (Fsp3) is 0.500. The van der Waals surface area contributed by atoms with Crippen molar-refractivity contribution in [1.29, 1.82) is 0 Å². The lowest BCUT2D eigenvalue weighted by Crippen LogP contribution is -2.35. The molecule has 1 aromatic carbocycles. The zero-order valence-electron chi connectivity index (χ0n) is 8.79. The molecular weight excluding hydrogens is 210 g/mol. The first kappa shape index (κ1) is 10.9. The second kappa shape index (κ2) is 5.50. The van der Waals surface area contributed by atoms with Crippen LogP contribution < -0.4 is 0 Å². The lowest BCUT2D eigenvalue weighted by Gasteiger charge is -2.26. The van der Waals surface area contributed by atoms with Crippen LogP contribution in [-0.2, 0) is 17.2 Å². The third-order valence-corrected chi connectivity index (χ3v) is 2.96. The van der Waals surface area contributed by atoms with Gasteiger partial charge in [-0.25, -0.2) is 0 Å². The van der Waals surface area contributed by atoms with E-state index in [-0.39, 0.29) is 0 Å². The van der Waals surface area contributed by atoms with Gasteiger partial charge < -0.3 is 4.74 Å². The monoisotopic (exact) mass is 225 g/mol. The van der Waals surface area contributed by atoms with Crippen LogP contribution in [-0.4, -0.2) is 31.2 Å². The van der Waals surface area contributed by atoms with Gasteiger partial charge in [0.15, 0.2) is 0 Å². The summed E-state index contributed by atoms with van der Waals surface area (Å²) in [5.74, 6) is 0.594. The van der Waals surface area contributed by atoms with Gasteiger partial charge >= 0.3 is 0 Å². The van der Waals surface area contributed by atoms with Crippen LogP contribution in [0.15, 0.2) is 24.3 Å². The maximum atomic E-state index is 5.81. The zero-order valence-corrected chi connectivity index (χ0v) is 9.54. The molecule has 1 aromatic rings. The highest BCUT2D eigenvalue weighted by atomic mass is 35.5. The van der Waals surface area contributed by atoms with E-state index in [1.807, 2.05) is 0 Å². The van der Waals surface area contributed by atoms with Gasteiger partial charge in [-0.2, -0.15) is 0 Å². The molecule has 15 heavy (non-hydrogen) atoms. The molecule has 1 fully saturated rings. The number of morpholine rings is 1. The molecule has 0 aromatic heterocycles. The SMILES string of the molecule is ClCc1cccc(CN2CCOCC2)c1. The lowest BCUT2D eigenvalue weighted by atomic mass is 10.1. The van der Waals surface area contributed by atoms with E-state index in [9.17, 15) is 0 Å². The average Bonchev–Trinajstić information content (AvgIpc) is 2.31. The number of hydrogen-bond donors (Lipinski definition) is 0. The van der Waals surface area contributed by atoms with Gasteiger partial charge in [0.2, 0.25) is 0 Å². The minimum Gasteiger partial charge on any atom is -0.379 e. The molecule has 0 spiro atoms. The Balaban J connectivity index is 1.96. The van der Waals surface area contributed by atoms with E-state index < -0.39 is 0 Å². The summed E-state index contributed by atoms with van der Waals surface area (Å²) in [5.41, 5.74) is 2.54. The van der Waals surface area contributed by atoms with E-state index in [0.717, 1.165) is 32.8 Å². The van der Waals surface area contributed by atoms with Crippen molar-refractivity contribution >= 4 is 11.6 Å². The molecule has 0 atom stereocenters. The Morgan fingerprint density at radius 3 is 2.67 bits per heavy atom. The van der Waals surface area contributed by atoms with Crippen LogP contribution >= 0.6 is 11.6 Å². The van der Waals surface area contributed by atoms with E-state index >= 15 is 0 Å². The summed E-state index contributed by atoms with van der Waals surface area (Å²) in [4.78, 5) is 2.41. The van der Waals surface area contributed by atoms with Crippen LogP contribution in [0.3, 0.4) is 0 Å². The lowest BCUT2D eigenvalue weighted by molar-refractivity contribution is 0.0342. The normalized spacial score (nSPS) is 17.9. The van der Waals surface area contributed by atoms with Crippen molar-refractivity contribution in [3.05, 3.63) is 35.4 Å². The Bertz CT molecular complexity index is 310. The quantitative estimate of drug-likeness (QED) is 0.732. The molecule has 0 unspecified atom stereocenters. The van der Waals surface area contributed by atoms with Crippen LogP contribution in [0.1, 0.15) is 11.1 Å². The molecule has 0 bridgehead atoms. The third-order valence-electron chi connectivity index (χ3n) is 2.66. The van der Waals surface area contributed by atoms with Gasteiger partial charge in [0.1, 0.15) is 0 Å². The third kappa shape index (κ3) is 3.20. The first-order valence-corrected chi connectivity index (χ1v) is 5.86. The molecule has 2 rings (SSSR count). The standard InChI is InChI=1S/C12H16ClNO/c13-9-11-2-1-3-12(8-11)10-14-4-6-15-7-5-14/h1-3,8H,4-7,9-10H2. The average molecular weight is 226 g/mol. The molecule has 1 aliphatic heterocycles. The first-order chi connectivity index (χ1) is 7.38. The van der Waals surface area contributed by atoms with Crippen molar-refractivity contribution in [3.8, 4) is 0 Å². The van der Waals surface area contributed by atoms with Gasteiger partial charge in [-0.15, -0.1) is 11.6 Å². The molecule has 1 aliphatic rings. The Hall–Kier alpha value is -0.570. The Labute approximate surface area is 95.8 Å². The van der Waals surface area contributed by atoms with Crippen LogP contribution in [0.2, 0.25) is 0 Å². The number of halogens is 1. The summed E-state index contributed by atoms with van der Waals surface area (Å²) in [6.45, 7) is 4.79. The minimum absolute atomic E-state index is 0.594. The number of alkyl halides is 1. The van der Waals surface area contributed by atoms with E-state index in [1.165, 1.54) is 11.1 Å². The van der Waals surface area contributed by atoms with Gasteiger partial charge in [0.25, 0.3) is 0 Å². The minimum atomic E-state index is 0.594. The Kier molecular flexibility index (Phi) is 4.01. The summed E-state index contributed by atoms with van der Waals surface area (Å²) in [6.07, 6.45) is 0. The predicted octanol–water partition coefficient (Wildman–Crippen LogP) is 2.26. The van der Waals surface area contributed by atoms with Gasteiger partial charge in [0, 0.05) is 25.5 Å². The van der Waals surface area contributed by atoms with Gasteiger partial charge in [-0.3, -0.25) is 4.90 Å². The molecule has 82 valence electrons. The number of ether oxygens (including phenoxy) is 1. The molecule has 3 heteroatoms. The smallest absolute Gasteiger partial charge is 0.0594 e. The molecule has 0 N–H and O–H groups in total. The van der Waals surface area contributed by atoms with Crippen LogP contribution in [0.25, 0.3) is 0 Å². The Morgan fingerprint density at radius 1 is 1.20 bits per heavy atom. The van der Waals surface area contributed by atoms with Gasteiger partial charge in [-0.1, -0.05) is 24.3 Å². The van der Waals surface area contributed by atoms with E-state index in [0.29, 0.717) is 5.88 Å². The van der Waals surface area contributed by atoms with Crippen molar-refractivity contribution in [1.82, 2.24) is 4.90 Å². The highest BCUT2D eigenvalue weighted by Crippen LogP contribution is 2.11. The van der Waals surface area contributed by atoms with Crippen LogP contribution in [0.4, 0.5) is 0 Å². The van der Waals surface area contributed by atoms with E-state index in [1.54, 1.807) is 0 Å². The van der Waals surface area contributed by atoms with Crippen LogP contribution in [0, 0.1) is 0 Å².